The van der Waals surface area contributed by atoms with Gasteiger partial charge in [0.15, 0.2) is 6.29 Å². The van der Waals surface area contributed by atoms with Crippen LogP contribution in [-0.4, -0.2) is 64.7 Å². The van der Waals surface area contributed by atoms with Crippen LogP contribution in [0, 0.1) is 46.3 Å². The molecule has 3 saturated carbocycles. The quantitative estimate of drug-likeness (QED) is 0.0390. The SMILES string of the molecule is CCCCCCCCCCCCCCCCCCCCCC(=O)OCC1OC(OC2CCC3(C)C(=CCC4C3CCC3(C)C(C(C)CCCC(C)C)CCC43)C2)C(O)C(O)C1O. The van der Waals surface area contributed by atoms with Crippen molar-refractivity contribution in [3.8, 4) is 0 Å². The van der Waals surface area contributed by atoms with Crippen molar-refractivity contribution >= 4 is 5.97 Å². The molecule has 0 amide bonds. The molecular formula is C55H98O7. The van der Waals surface area contributed by atoms with Crippen molar-refractivity contribution in [2.45, 2.75) is 277 Å². The number of carbonyl (C=O) groups excluding carboxylic acids is 1. The Balaban J connectivity index is 0.948. The zero-order valence-corrected chi connectivity index (χ0v) is 41.1. The van der Waals surface area contributed by atoms with Gasteiger partial charge in [-0.05, 0) is 104 Å². The molecule has 1 aliphatic heterocycles. The second-order valence-electron chi connectivity index (χ2n) is 22.6. The van der Waals surface area contributed by atoms with Gasteiger partial charge in [-0.1, -0.05) is 188 Å². The molecule has 3 N–H and O–H groups in total. The van der Waals surface area contributed by atoms with Gasteiger partial charge >= 0.3 is 5.97 Å². The highest BCUT2D eigenvalue weighted by Gasteiger charge is 2.59. The summed E-state index contributed by atoms with van der Waals surface area (Å²) in [5.74, 6) is 4.45. The molecule has 4 aliphatic carbocycles. The molecule has 360 valence electrons. The molecular weight excluding hydrogens is 773 g/mol. The van der Waals surface area contributed by atoms with Crippen LogP contribution < -0.4 is 0 Å². The van der Waals surface area contributed by atoms with E-state index in [9.17, 15) is 20.1 Å². The highest BCUT2D eigenvalue weighted by molar-refractivity contribution is 5.69. The summed E-state index contributed by atoms with van der Waals surface area (Å²) in [5.41, 5.74) is 2.15. The molecule has 7 heteroatoms. The van der Waals surface area contributed by atoms with E-state index in [0.717, 1.165) is 74.5 Å². The van der Waals surface area contributed by atoms with Crippen LogP contribution in [0.2, 0.25) is 0 Å². The number of esters is 1. The predicted octanol–water partition coefficient (Wildman–Crippen LogP) is 13.6. The molecule has 5 rings (SSSR count). The van der Waals surface area contributed by atoms with E-state index in [2.05, 4.69) is 47.6 Å². The number of ether oxygens (including phenoxy) is 3. The maximum Gasteiger partial charge on any atom is 0.305 e. The van der Waals surface area contributed by atoms with Crippen LogP contribution in [0.5, 0.6) is 0 Å². The number of unbranched alkanes of at least 4 members (excludes halogenated alkanes) is 18. The van der Waals surface area contributed by atoms with Gasteiger partial charge in [0.1, 0.15) is 31.0 Å². The molecule has 4 fully saturated rings. The summed E-state index contributed by atoms with van der Waals surface area (Å²) in [7, 11) is 0. The van der Waals surface area contributed by atoms with Gasteiger partial charge in [0.25, 0.3) is 0 Å². The molecule has 13 unspecified atom stereocenters. The lowest BCUT2D eigenvalue weighted by molar-refractivity contribution is -0.313. The lowest BCUT2D eigenvalue weighted by Gasteiger charge is -2.58. The molecule has 5 aliphatic rings. The maximum absolute atomic E-state index is 12.7. The third kappa shape index (κ3) is 14.5. The molecule has 13 atom stereocenters. The molecule has 7 nitrogen and oxygen atoms in total. The van der Waals surface area contributed by atoms with Crippen LogP contribution in [0.15, 0.2) is 11.6 Å². The lowest BCUT2D eigenvalue weighted by Crippen LogP contribution is -2.60. The van der Waals surface area contributed by atoms with E-state index in [4.69, 9.17) is 14.2 Å². The summed E-state index contributed by atoms with van der Waals surface area (Å²) < 4.78 is 18.1. The zero-order chi connectivity index (χ0) is 44.5. The third-order valence-corrected chi connectivity index (χ3v) is 17.6. The fraction of sp³-hybridized carbons (Fsp3) is 0.945. The second-order valence-corrected chi connectivity index (χ2v) is 22.6. The molecule has 0 aromatic rings. The van der Waals surface area contributed by atoms with Gasteiger partial charge in [-0.3, -0.25) is 4.79 Å². The van der Waals surface area contributed by atoms with Crippen LogP contribution in [-0.2, 0) is 19.0 Å². The fourth-order valence-corrected chi connectivity index (χ4v) is 13.7. The highest BCUT2D eigenvalue weighted by Crippen LogP contribution is 2.67. The van der Waals surface area contributed by atoms with Crippen molar-refractivity contribution in [3.05, 3.63) is 11.6 Å². The summed E-state index contributed by atoms with van der Waals surface area (Å²) in [4.78, 5) is 12.7. The second kappa shape index (κ2) is 26.4. The van der Waals surface area contributed by atoms with Crippen molar-refractivity contribution in [3.63, 3.8) is 0 Å². The van der Waals surface area contributed by atoms with E-state index < -0.39 is 30.7 Å². The number of rotatable bonds is 29. The average molecular weight is 871 g/mol. The Morgan fingerprint density at radius 2 is 1.31 bits per heavy atom. The van der Waals surface area contributed by atoms with Gasteiger partial charge in [-0.2, -0.15) is 0 Å². The van der Waals surface area contributed by atoms with Crippen LogP contribution >= 0.6 is 0 Å². The molecule has 0 aromatic carbocycles. The Kier molecular flexibility index (Phi) is 22.1. The molecule has 1 saturated heterocycles. The van der Waals surface area contributed by atoms with E-state index in [1.807, 2.05) is 0 Å². The van der Waals surface area contributed by atoms with Gasteiger partial charge < -0.3 is 29.5 Å². The van der Waals surface area contributed by atoms with Crippen LogP contribution in [0.3, 0.4) is 0 Å². The van der Waals surface area contributed by atoms with Gasteiger partial charge in [0.2, 0.25) is 0 Å². The zero-order valence-electron chi connectivity index (χ0n) is 41.1. The lowest BCUT2D eigenvalue weighted by atomic mass is 9.47. The summed E-state index contributed by atoms with van der Waals surface area (Å²) in [6, 6.07) is 0. The Hall–Kier alpha value is -0.990. The van der Waals surface area contributed by atoms with Crippen LogP contribution in [0.1, 0.15) is 241 Å². The molecule has 0 radical (unpaired) electrons. The van der Waals surface area contributed by atoms with Crippen LogP contribution in [0.25, 0.3) is 0 Å². The summed E-state index contributed by atoms with van der Waals surface area (Å²) in [6.45, 7) is 14.6. The number of hydrogen-bond acceptors (Lipinski definition) is 7. The number of hydrogen-bond donors (Lipinski definition) is 3. The summed E-state index contributed by atoms with van der Waals surface area (Å²) >= 11 is 0. The third-order valence-electron chi connectivity index (χ3n) is 17.6. The standard InChI is InChI=1S/C55H98O7/c1-7-8-9-10-11-12-13-14-15-16-17-18-19-20-21-22-23-24-25-29-49(56)60-39-48-50(57)51(58)52(59)53(62-48)61-43-34-36-54(5)42(38-43)30-31-44-46-33-32-45(41(4)28-26-27-40(2)3)55(46,6)37-35-47(44)54/h30,40-41,43-48,50-53,57-59H,7-29,31-39H2,1-6H3. The van der Waals surface area contributed by atoms with Gasteiger partial charge in [-0.25, -0.2) is 0 Å². The molecule has 0 aromatic heterocycles. The van der Waals surface area contributed by atoms with Crippen molar-refractivity contribution in [1.82, 2.24) is 0 Å². The first-order valence-corrected chi connectivity index (χ1v) is 27.1. The minimum Gasteiger partial charge on any atom is -0.463 e. The van der Waals surface area contributed by atoms with E-state index in [1.165, 1.54) is 153 Å². The highest BCUT2D eigenvalue weighted by atomic mass is 16.7. The predicted molar refractivity (Wildman–Crippen MR) is 254 cm³/mol. The van der Waals surface area contributed by atoms with E-state index in [-0.39, 0.29) is 24.1 Å². The van der Waals surface area contributed by atoms with E-state index in [0.29, 0.717) is 17.8 Å². The summed E-state index contributed by atoms with van der Waals surface area (Å²) in [5, 5.41) is 32.6. The maximum atomic E-state index is 12.7. The molecule has 1 heterocycles. The number of allylic oxidation sites excluding steroid dienone is 1. The van der Waals surface area contributed by atoms with E-state index >= 15 is 0 Å². The van der Waals surface area contributed by atoms with E-state index in [1.54, 1.807) is 0 Å². The monoisotopic (exact) mass is 871 g/mol. The molecule has 0 bridgehead atoms. The first-order valence-electron chi connectivity index (χ1n) is 27.1. The fourth-order valence-electron chi connectivity index (χ4n) is 13.7. The van der Waals surface area contributed by atoms with Crippen molar-refractivity contribution in [2.24, 2.45) is 46.3 Å². The molecule has 0 spiro atoms. The van der Waals surface area contributed by atoms with Crippen LogP contribution in [0.4, 0.5) is 0 Å². The van der Waals surface area contributed by atoms with Gasteiger partial charge in [0.05, 0.1) is 6.10 Å². The first-order chi connectivity index (χ1) is 29.9. The average Bonchev–Trinajstić information content (AvgIpc) is 3.61. The Morgan fingerprint density at radius 3 is 1.90 bits per heavy atom. The Labute approximate surface area is 381 Å². The summed E-state index contributed by atoms with van der Waals surface area (Å²) in [6.07, 6.45) is 34.9. The minimum absolute atomic E-state index is 0.137. The number of aliphatic hydroxyl groups excluding tert-OH is 3. The Bertz CT molecular complexity index is 1300. The largest absolute Gasteiger partial charge is 0.463 e. The topological polar surface area (TPSA) is 105 Å². The Morgan fingerprint density at radius 1 is 0.710 bits per heavy atom. The van der Waals surface area contributed by atoms with Crippen molar-refractivity contribution in [1.29, 1.82) is 0 Å². The van der Waals surface area contributed by atoms with Crippen molar-refractivity contribution in [2.75, 3.05) is 6.61 Å². The minimum atomic E-state index is -1.44. The van der Waals surface area contributed by atoms with Gasteiger partial charge in [-0.15, -0.1) is 0 Å². The van der Waals surface area contributed by atoms with Gasteiger partial charge in [0, 0.05) is 6.42 Å². The normalized spacial score (nSPS) is 35.0. The molecule has 62 heavy (non-hydrogen) atoms. The number of aliphatic hydroxyl groups is 3. The number of fused-ring (bicyclic) bond motifs is 5. The smallest absolute Gasteiger partial charge is 0.305 e. The first kappa shape index (κ1) is 52.0. The number of carbonyl (C=O) groups is 1. The van der Waals surface area contributed by atoms with Crippen molar-refractivity contribution < 1.29 is 34.3 Å².